The van der Waals surface area contributed by atoms with Crippen molar-refractivity contribution in [3.8, 4) is 11.3 Å². The standard InChI is InChI=1S/C20H22FN5O3S/c1-11(2)9-26-17(22)16(18(28)25(3)20(26)29)15(27)10-30-19-23-8-14(24-19)12-4-6-13(21)7-5-12/h4-8,11H,9-10,22H2,1-3H3,(H,23,24). The molecular formula is C20H22FN5O3S. The smallest absolute Gasteiger partial charge is 0.332 e. The number of carbonyl (C=O) groups excluding carboxylic acids is 1. The Balaban J connectivity index is 1.82. The molecule has 0 atom stereocenters. The van der Waals surface area contributed by atoms with Gasteiger partial charge in [-0.1, -0.05) is 25.6 Å². The minimum atomic E-state index is -0.713. The van der Waals surface area contributed by atoms with Gasteiger partial charge in [0.2, 0.25) is 0 Å². The molecule has 3 N–H and O–H groups in total. The van der Waals surface area contributed by atoms with Gasteiger partial charge in [-0.05, 0) is 35.7 Å². The molecule has 0 fully saturated rings. The number of imidazole rings is 1. The summed E-state index contributed by atoms with van der Waals surface area (Å²) in [6.07, 6.45) is 1.58. The van der Waals surface area contributed by atoms with E-state index >= 15 is 0 Å². The van der Waals surface area contributed by atoms with Gasteiger partial charge >= 0.3 is 5.69 Å². The zero-order valence-corrected chi connectivity index (χ0v) is 17.6. The number of hydrogen-bond acceptors (Lipinski definition) is 6. The quantitative estimate of drug-likeness (QED) is 0.438. The van der Waals surface area contributed by atoms with Gasteiger partial charge in [-0.25, -0.2) is 14.2 Å². The van der Waals surface area contributed by atoms with Gasteiger partial charge in [-0.2, -0.15) is 0 Å². The first kappa shape index (κ1) is 21.6. The van der Waals surface area contributed by atoms with Gasteiger partial charge < -0.3 is 10.7 Å². The zero-order valence-electron chi connectivity index (χ0n) is 16.8. The number of aromatic amines is 1. The number of anilines is 1. The lowest BCUT2D eigenvalue weighted by atomic mass is 10.2. The van der Waals surface area contributed by atoms with Crippen LogP contribution in [0.15, 0.2) is 45.2 Å². The van der Waals surface area contributed by atoms with Crippen molar-refractivity contribution in [1.82, 2.24) is 19.1 Å². The number of aromatic nitrogens is 4. The van der Waals surface area contributed by atoms with E-state index in [0.717, 1.165) is 21.9 Å². The highest BCUT2D eigenvalue weighted by Gasteiger charge is 2.22. The molecule has 0 aliphatic heterocycles. The van der Waals surface area contributed by atoms with Crippen LogP contribution in [-0.4, -0.2) is 30.6 Å². The lowest BCUT2D eigenvalue weighted by Gasteiger charge is -2.15. The molecule has 0 saturated carbocycles. The molecule has 0 aliphatic rings. The van der Waals surface area contributed by atoms with Gasteiger partial charge in [0.1, 0.15) is 17.2 Å². The second-order valence-electron chi connectivity index (χ2n) is 7.23. The fraction of sp³-hybridized carbons (Fsp3) is 0.300. The Kier molecular flexibility index (Phi) is 6.25. The summed E-state index contributed by atoms with van der Waals surface area (Å²) in [5, 5.41) is 0.466. The van der Waals surface area contributed by atoms with Crippen LogP contribution in [0.3, 0.4) is 0 Å². The zero-order chi connectivity index (χ0) is 22.0. The number of rotatable bonds is 7. The molecule has 8 nitrogen and oxygen atoms in total. The lowest BCUT2D eigenvalue weighted by molar-refractivity contribution is 0.102. The molecule has 0 radical (unpaired) electrons. The molecule has 0 unspecified atom stereocenters. The Morgan fingerprint density at radius 2 is 1.93 bits per heavy atom. The Labute approximate surface area is 176 Å². The molecule has 0 aliphatic carbocycles. The van der Waals surface area contributed by atoms with Gasteiger partial charge in [-0.15, -0.1) is 0 Å². The summed E-state index contributed by atoms with van der Waals surface area (Å²) < 4.78 is 15.2. The van der Waals surface area contributed by atoms with Crippen molar-refractivity contribution in [1.29, 1.82) is 0 Å². The molecule has 158 valence electrons. The molecule has 0 amide bonds. The number of hydrogen-bond donors (Lipinski definition) is 2. The second kappa shape index (κ2) is 8.70. The van der Waals surface area contributed by atoms with E-state index in [0.29, 0.717) is 17.4 Å². The van der Waals surface area contributed by atoms with Crippen molar-refractivity contribution >= 4 is 23.4 Å². The normalized spacial score (nSPS) is 11.2. The van der Waals surface area contributed by atoms with Gasteiger partial charge in [0.25, 0.3) is 5.56 Å². The number of nitrogens with zero attached hydrogens (tertiary/aromatic N) is 3. The molecule has 0 spiro atoms. The molecule has 1 aromatic carbocycles. The van der Waals surface area contributed by atoms with Crippen molar-refractivity contribution in [3.05, 3.63) is 62.7 Å². The highest BCUT2D eigenvalue weighted by Crippen LogP contribution is 2.22. The van der Waals surface area contributed by atoms with Gasteiger partial charge in [0.15, 0.2) is 10.9 Å². The van der Waals surface area contributed by atoms with E-state index < -0.39 is 17.0 Å². The molecule has 0 bridgehead atoms. The van der Waals surface area contributed by atoms with E-state index in [1.165, 1.54) is 23.7 Å². The third kappa shape index (κ3) is 4.38. The number of H-pyrrole nitrogens is 1. The Hall–Kier alpha value is -3.14. The van der Waals surface area contributed by atoms with Gasteiger partial charge in [-0.3, -0.25) is 18.7 Å². The van der Waals surface area contributed by atoms with E-state index in [2.05, 4.69) is 9.97 Å². The van der Waals surface area contributed by atoms with Crippen LogP contribution < -0.4 is 17.0 Å². The molecule has 10 heteroatoms. The number of carbonyl (C=O) groups is 1. The van der Waals surface area contributed by atoms with E-state index in [4.69, 9.17) is 5.73 Å². The minimum Gasteiger partial charge on any atom is -0.384 e. The highest BCUT2D eigenvalue weighted by molar-refractivity contribution is 7.99. The first-order valence-corrected chi connectivity index (χ1v) is 10.2. The number of Topliss-reactive ketones (excluding diaryl/α,β-unsaturated/α-hetero) is 1. The van der Waals surface area contributed by atoms with Crippen LogP contribution in [0.4, 0.5) is 10.2 Å². The number of halogens is 1. The maximum Gasteiger partial charge on any atom is 0.332 e. The van der Waals surface area contributed by atoms with Crippen molar-refractivity contribution in [2.75, 3.05) is 11.5 Å². The van der Waals surface area contributed by atoms with Crippen molar-refractivity contribution in [2.45, 2.75) is 25.5 Å². The van der Waals surface area contributed by atoms with Crippen molar-refractivity contribution in [3.63, 3.8) is 0 Å². The maximum atomic E-state index is 13.1. The third-order valence-corrected chi connectivity index (χ3v) is 5.34. The topological polar surface area (TPSA) is 116 Å². The summed E-state index contributed by atoms with van der Waals surface area (Å²) in [7, 11) is 1.33. The minimum absolute atomic E-state index is 0.0876. The SMILES string of the molecule is CC(C)Cn1c(N)c(C(=O)CSc2ncc(-c3ccc(F)cc3)[nH]2)c(=O)n(C)c1=O. The number of ketones is 1. The maximum absolute atomic E-state index is 13.1. The fourth-order valence-electron chi connectivity index (χ4n) is 2.95. The first-order valence-electron chi connectivity index (χ1n) is 9.25. The Bertz CT molecular complexity index is 1190. The number of nitrogens with one attached hydrogen (secondary N) is 1. The second-order valence-corrected chi connectivity index (χ2v) is 8.20. The van der Waals surface area contributed by atoms with E-state index in [9.17, 15) is 18.8 Å². The molecule has 2 aromatic heterocycles. The summed E-state index contributed by atoms with van der Waals surface area (Å²) >= 11 is 1.11. The Morgan fingerprint density at radius 1 is 1.27 bits per heavy atom. The summed E-state index contributed by atoms with van der Waals surface area (Å²) in [4.78, 5) is 44.9. The molecular weight excluding hydrogens is 409 g/mol. The fourth-order valence-corrected chi connectivity index (χ4v) is 3.67. The van der Waals surface area contributed by atoms with Gasteiger partial charge in [0.05, 0.1) is 17.6 Å². The predicted molar refractivity (Wildman–Crippen MR) is 114 cm³/mol. The van der Waals surface area contributed by atoms with Gasteiger partial charge in [0, 0.05) is 13.6 Å². The summed E-state index contributed by atoms with van der Waals surface area (Å²) in [6.45, 7) is 4.11. The van der Waals surface area contributed by atoms with Crippen LogP contribution in [0.25, 0.3) is 11.3 Å². The largest absolute Gasteiger partial charge is 0.384 e. The van der Waals surface area contributed by atoms with Crippen LogP contribution >= 0.6 is 11.8 Å². The molecule has 0 saturated heterocycles. The van der Waals surface area contributed by atoms with Crippen LogP contribution in [0.5, 0.6) is 0 Å². The van der Waals surface area contributed by atoms with Crippen molar-refractivity contribution < 1.29 is 9.18 Å². The van der Waals surface area contributed by atoms with Crippen LogP contribution in [0.1, 0.15) is 24.2 Å². The number of benzene rings is 1. The highest BCUT2D eigenvalue weighted by atomic mass is 32.2. The number of nitrogen functional groups attached to an aromatic ring is 1. The number of nitrogens with two attached hydrogens (primary N) is 1. The first-order chi connectivity index (χ1) is 14.2. The predicted octanol–water partition coefficient (Wildman–Crippen LogP) is 2.29. The summed E-state index contributed by atoms with van der Waals surface area (Å²) in [5.41, 5.74) is 5.99. The van der Waals surface area contributed by atoms with E-state index in [-0.39, 0.29) is 28.9 Å². The lowest BCUT2D eigenvalue weighted by Crippen LogP contribution is -2.43. The molecule has 2 heterocycles. The summed E-state index contributed by atoms with van der Waals surface area (Å²) in [5.74, 6) is -0.927. The summed E-state index contributed by atoms with van der Waals surface area (Å²) in [6, 6.07) is 5.92. The van der Waals surface area contributed by atoms with Crippen molar-refractivity contribution in [2.24, 2.45) is 13.0 Å². The van der Waals surface area contributed by atoms with E-state index in [1.54, 1.807) is 18.3 Å². The molecule has 3 rings (SSSR count). The van der Waals surface area contributed by atoms with Crippen LogP contribution in [0, 0.1) is 11.7 Å². The number of thioether (sulfide) groups is 1. The molecule has 3 aromatic rings. The average Bonchev–Trinajstić information content (AvgIpc) is 3.17. The average molecular weight is 431 g/mol. The molecule has 30 heavy (non-hydrogen) atoms. The third-order valence-electron chi connectivity index (χ3n) is 4.46. The Morgan fingerprint density at radius 3 is 2.57 bits per heavy atom. The monoisotopic (exact) mass is 431 g/mol. The van der Waals surface area contributed by atoms with E-state index in [1.807, 2.05) is 13.8 Å². The van der Waals surface area contributed by atoms with Crippen LogP contribution in [0.2, 0.25) is 0 Å². The van der Waals surface area contributed by atoms with Crippen LogP contribution in [-0.2, 0) is 13.6 Å².